The van der Waals surface area contributed by atoms with Crippen LogP contribution in [0.3, 0.4) is 0 Å². The highest BCUT2D eigenvalue weighted by atomic mass is 16.3. The van der Waals surface area contributed by atoms with Crippen LogP contribution in [0.4, 0.5) is 17.1 Å². The average Bonchev–Trinajstić information content (AvgIpc) is 3.98. The molecule has 2 nitrogen and oxygen atoms in total. The van der Waals surface area contributed by atoms with Crippen LogP contribution < -0.4 is 4.90 Å². The molecule has 11 aromatic rings. The molecule has 0 saturated carbocycles. The zero-order valence-electron chi connectivity index (χ0n) is 36.9. The Kier molecular flexibility index (Phi) is 8.51. The molecule has 0 spiro atoms. The maximum atomic E-state index is 7.01. The molecule has 0 amide bonds. The molecule has 0 saturated heterocycles. The van der Waals surface area contributed by atoms with Gasteiger partial charge in [0.25, 0.3) is 0 Å². The number of anilines is 3. The summed E-state index contributed by atoms with van der Waals surface area (Å²) in [6.45, 7) is 4.74. The van der Waals surface area contributed by atoms with Crippen LogP contribution in [0.15, 0.2) is 241 Å². The number of para-hydroxylation sites is 1. The fraction of sp³-hybridized carbons (Fsp3) is 0.0625. The van der Waals surface area contributed by atoms with Crippen LogP contribution in [0.2, 0.25) is 0 Å². The van der Waals surface area contributed by atoms with Gasteiger partial charge < -0.3 is 9.32 Å². The lowest BCUT2D eigenvalue weighted by molar-refractivity contribution is 0.660. The summed E-state index contributed by atoms with van der Waals surface area (Å²) in [6.07, 6.45) is 0. The molecule has 0 unspecified atom stereocenters. The first-order chi connectivity index (χ1) is 32.5. The summed E-state index contributed by atoms with van der Waals surface area (Å²) in [6, 6.07) is 87.0. The van der Waals surface area contributed by atoms with Crippen molar-refractivity contribution in [2.45, 2.75) is 24.7 Å². The lowest BCUT2D eigenvalue weighted by Gasteiger charge is -2.34. The lowest BCUT2D eigenvalue weighted by Crippen LogP contribution is -2.28. The quantitative estimate of drug-likeness (QED) is 0.159. The minimum absolute atomic E-state index is 0.177. The van der Waals surface area contributed by atoms with Gasteiger partial charge in [-0.15, -0.1) is 0 Å². The number of rotatable bonds is 7. The van der Waals surface area contributed by atoms with Crippen LogP contribution in [-0.2, 0) is 10.8 Å². The van der Waals surface area contributed by atoms with E-state index in [4.69, 9.17) is 4.42 Å². The molecule has 1 aromatic heterocycles. The molecule has 0 N–H and O–H groups in total. The SMILES string of the molecule is CC1(C)c2ccccc2-c2ccc(N(c3cc(-c4ccccc4)cc(-c4ccccc4)c3)c3ccc4c(c3)-c3c(ccc5c3oc3ccccc35)C4(c3ccccc3)c3ccccc3)cc21. The van der Waals surface area contributed by atoms with Gasteiger partial charge in [0, 0.05) is 38.8 Å². The molecule has 0 aliphatic heterocycles. The van der Waals surface area contributed by atoms with E-state index >= 15 is 0 Å². The molecule has 66 heavy (non-hydrogen) atoms. The van der Waals surface area contributed by atoms with E-state index in [1.54, 1.807) is 0 Å². The molecule has 2 aliphatic rings. The lowest BCUT2D eigenvalue weighted by atomic mass is 9.67. The van der Waals surface area contributed by atoms with Gasteiger partial charge in [-0.2, -0.15) is 0 Å². The second-order valence-corrected chi connectivity index (χ2v) is 18.4. The summed E-state index contributed by atoms with van der Waals surface area (Å²) < 4.78 is 7.01. The average molecular weight is 844 g/mol. The van der Waals surface area contributed by atoms with Crippen LogP contribution in [-0.4, -0.2) is 0 Å². The van der Waals surface area contributed by atoms with Gasteiger partial charge >= 0.3 is 0 Å². The first-order valence-electron chi connectivity index (χ1n) is 23.0. The van der Waals surface area contributed by atoms with Crippen LogP contribution >= 0.6 is 0 Å². The number of hydrogen-bond acceptors (Lipinski definition) is 2. The topological polar surface area (TPSA) is 16.4 Å². The van der Waals surface area contributed by atoms with E-state index in [1.165, 1.54) is 61.2 Å². The largest absolute Gasteiger partial charge is 0.455 e. The normalized spacial score (nSPS) is 13.8. The highest BCUT2D eigenvalue weighted by Crippen LogP contribution is 2.60. The fourth-order valence-corrected chi connectivity index (χ4v) is 11.5. The Hall–Kier alpha value is -8.20. The van der Waals surface area contributed by atoms with Crippen LogP contribution in [0.5, 0.6) is 0 Å². The van der Waals surface area contributed by atoms with Crippen molar-refractivity contribution in [3.63, 3.8) is 0 Å². The molecule has 0 fully saturated rings. The monoisotopic (exact) mass is 843 g/mol. The highest BCUT2D eigenvalue weighted by Gasteiger charge is 2.48. The van der Waals surface area contributed by atoms with Crippen molar-refractivity contribution in [1.82, 2.24) is 0 Å². The molecule has 2 aliphatic carbocycles. The Morgan fingerprint density at radius 2 is 0.894 bits per heavy atom. The van der Waals surface area contributed by atoms with E-state index in [2.05, 4.69) is 255 Å². The minimum atomic E-state index is -0.596. The van der Waals surface area contributed by atoms with Crippen molar-refractivity contribution in [1.29, 1.82) is 0 Å². The van der Waals surface area contributed by atoms with E-state index in [0.717, 1.165) is 55.7 Å². The van der Waals surface area contributed by atoms with E-state index in [0.29, 0.717) is 0 Å². The maximum Gasteiger partial charge on any atom is 0.143 e. The summed E-state index contributed by atoms with van der Waals surface area (Å²) in [5.74, 6) is 0. The summed E-state index contributed by atoms with van der Waals surface area (Å²) in [5.41, 5.74) is 21.5. The third kappa shape index (κ3) is 5.61. The highest BCUT2D eigenvalue weighted by molar-refractivity contribution is 6.12. The molecule has 2 heteroatoms. The van der Waals surface area contributed by atoms with Gasteiger partial charge in [0.05, 0.1) is 5.41 Å². The van der Waals surface area contributed by atoms with Gasteiger partial charge in [-0.05, 0) is 121 Å². The first kappa shape index (κ1) is 38.3. The Morgan fingerprint density at radius 1 is 0.348 bits per heavy atom. The number of nitrogens with zero attached hydrogens (tertiary/aromatic N) is 1. The summed E-state index contributed by atoms with van der Waals surface area (Å²) in [7, 11) is 0. The molecular weight excluding hydrogens is 799 g/mol. The van der Waals surface area contributed by atoms with Gasteiger partial charge in [0.2, 0.25) is 0 Å². The number of benzene rings is 10. The molecule has 0 bridgehead atoms. The number of furan rings is 1. The van der Waals surface area contributed by atoms with Crippen molar-refractivity contribution in [3.8, 4) is 44.5 Å². The predicted molar refractivity (Wildman–Crippen MR) is 274 cm³/mol. The zero-order valence-corrected chi connectivity index (χ0v) is 36.9. The van der Waals surface area contributed by atoms with Gasteiger partial charge in [-0.25, -0.2) is 0 Å². The summed E-state index contributed by atoms with van der Waals surface area (Å²) in [5, 5.41) is 2.25. The van der Waals surface area contributed by atoms with Gasteiger partial charge in [-0.1, -0.05) is 202 Å². The van der Waals surface area contributed by atoms with Gasteiger partial charge in [-0.3, -0.25) is 0 Å². The third-order valence-corrected chi connectivity index (χ3v) is 14.5. The molecule has 10 aromatic carbocycles. The van der Waals surface area contributed by atoms with Crippen molar-refractivity contribution in [3.05, 3.63) is 270 Å². The molecule has 312 valence electrons. The Bertz CT molecular complexity index is 3560. The van der Waals surface area contributed by atoms with E-state index in [-0.39, 0.29) is 5.41 Å². The van der Waals surface area contributed by atoms with Crippen molar-refractivity contribution >= 4 is 39.0 Å². The van der Waals surface area contributed by atoms with Crippen molar-refractivity contribution < 1.29 is 4.42 Å². The van der Waals surface area contributed by atoms with E-state index in [9.17, 15) is 0 Å². The number of hydrogen-bond donors (Lipinski definition) is 0. The Morgan fingerprint density at radius 3 is 1.58 bits per heavy atom. The molecular formula is C64H45NO. The maximum absolute atomic E-state index is 7.01. The standard InChI is InChI=1S/C64H45NO/c1-63(2)56-29-17-15-27-51(56)52-33-31-49(41-59(52)63)65(50-38-44(42-19-7-3-8-20-42)37-45(39-50)43-21-9-4-10-22-43)48-32-35-57-55(40-48)61-58(36-34-54-53-28-16-18-30-60(53)66-62(54)61)64(57,46-23-11-5-12-24-46)47-25-13-6-14-26-47/h3-41H,1-2H3. The van der Waals surface area contributed by atoms with Crippen LogP contribution in [0.25, 0.3) is 66.4 Å². The van der Waals surface area contributed by atoms with Gasteiger partial charge in [0.1, 0.15) is 11.2 Å². The van der Waals surface area contributed by atoms with Crippen molar-refractivity contribution in [2.75, 3.05) is 4.90 Å². The van der Waals surface area contributed by atoms with E-state index < -0.39 is 5.41 Å². The van der Waals surface area contributed by atoms with Crippen LogP contribution in [0, 0.1) is 0 Å². The smallest absolute Gasteiger partial charge is 0.143 e. The third-order valence-electron chi connectivity index (χ3n) is 14.5. The summed E-state index contributed by atoms with van der Waals surface area (Å²) >= 11 is 0. The molecule has 0 radical (unpaired) electrons. The summed E-state index contributed by atoms with van der Waals surface area (Å²) in [4.78, 5) is 2.49. The molecule has 13 rings (SSSR count). The van der Waals surface area contributed by atoms with Gasteiger partial charge in [0.15, 0.2) is 0 Å². The molecule has 1 heterocycles. The second kappa shape index (κ2) is 14.7. The zero-order chi connectivity index (χ0) is 44.0. The predicted octanol–water partition coefficient (Wildman–Crippen LogP) is 17.1. The Balaban J connectivity index is 1.12. The fourth-order valence-electron chi connectivity index (χ4n) is 11.5. The second-order valence-electron chi connectivity index (χ2n) is 18.4. The van der Waals surface area contributed by atoms with E-state index in [1.807, 2.05) is 0 Å². The first-order valence-corrected chi connectivity index (χ1v) is 23.0. The Labute approximate surface area is 385 Å². The number of fused-ring (bicyclic) bond motifs is 10. The van der Waals surface area contributed by atoms with Crippen molar-refractivity contribution in [2.24, 2.45) is 0 Å². The van der Waals surface area contributed by atoms with Crippen LogP contribution in [0.1, 0.15) is 47.2 Å². The minimum Gasteiger partial charge on any atom is -0.455 e. The molecule has 0 atom stereocenters.